The summed E-state index contributed by atoms with van der Waals surface area (Å²) in [5.41, 5.74) is 0.897. The van der Waals surface area contributed by atoms with Crippen LogP contribution in [0.3, 0.4) is 0 Å². The fourth-order valence-electron chi connectivity index (χ4n) is 2.53. The van der Waals surface area contributed by atoms with Crippen molar-refractivity contribution in [3.63, 3.8) is 0 Å². The van der Waals surface area contributed by atoms with Gasteiger partial charge in [-0.05, 0) is 36.5 Å². The minimum absolute atomic E-state index is 0.136. The Kier molecular flexibility index (Phi) is 4.77. The number of hydrogen-bond acceptors (Lipinski definition) is 1. The zero-order valence-electron chi connectivity index (χ0n) is 11.3. The lowest BCUT2D eigenvalue weighted by molar-refractivity contribution is 0.221. The molecule has 0 aliphatic heterocycles. The van der Waals surface area contributed by atoms with E-state index < -0.39 is 0 Å². The van der Waals surface area contributed by atoms with Crippen molar-refractivity contribution in [3.8, 4) is 0 Å². The molecule has 1 aromatic rings. The van der Waals surface area contributed by atoms with Crippen molar-refractivity contribution >= 4 is 6.03 Å². The number of benzene rings is 1. The molecule has 3 nitrogen and oxygen atoms in total. The number of rotatable bonds is 3. The van der Waals surface area contributed by atoms with Crippen LogP contribution in [0.2, 0.25) is 0 Å². The van der Waals surface area contributed by atoms with E-state index in [0.717, 1.165) is 12.0 Å². The van der Waals surface area contributed by atoms with E-state index in [0.29, 0.717) is 12.5 Å². The molecule has 0 bridgehead atoms. The quantitative estimate of drug-likeness (QED) is 0.864. The van der Waals surface area contributed by atoms with Crippen LogP contribution in [-0.2, 0) is 6.54 Å². The van der Waals surface area contributed by atoms with Crippen LogP contribution in [0, 0.1) is 11.7 Å². The van der Waals surface area contributed by atoms with Crippen LogP contribution in [0.15, 0.2) is 24.3 Å². The van der Waals surface area contributed by atoms with Crippen LogP contribution in [0.5, 0.6) is 0 Å². The molecule has 0 radical (unpaired) electrons. The van der Waals surface area contributed by atoms with E-state index in [1.165, 1.54) is 31.4 Å². The normalized spacial score (nSPS) is 22.8. The molecule has 0 saturated heterocycles. The summed E-state index contributed by atoms with van der Waals surface area (Å²) in [6.45, 7) is 2.61. The highest BCUT2D eigenvalue weighted by Gasteiger charge is 2.22. The first-order chi connectivity index (χ1) is 9.15. The number of hydrogen-bond donors (Lipinski definition) is 2. The third kappa shape index (κ3) is 4.23. The molecule has 4 heteroatoms. The van der Waals surface area contributed by atoms with Gasteiger partial charge in [-0.2, -0.15) is 0 Å². The average molecular weight is 264 g/mol. The fourth-order valence-corrected chi connectivity index (χ4v) is 2.53. The average Bonchev–Trinajstić information content (AvgIpc) is 2.41. The Morgan fingerprint density at radius 3 is 2.63 bits per heavy atom. The molecule has 2 amide bonds. The Morgan fingerprint density at radius 1 is 1.26 bits per heavy atom. The molecule has 19 heavy (non-hydrogen) atoms. The van der Waals surface area contributed by atoms with Gasteiger partial charge in [-0.1, -0.05) is 31.9 Å². The van der Waals surface area contributed by atoms with Crippen molar-refractivity contribution in [2.75, 3.05) is 0 Å². The second-order valence-corrected chi connectivity index (χ2v) is 5.32. The highest BCUT2D eigenvalue weighted by molar-refractivity contribution is 5.74. The first-order valence-corrected chi connectivity index (χ1v) is 6.94. The first-order valence-electron chi connectivity index (χ1n) is 6.94. The Morgan fingerprint density at radius 2 is 1.95 bits per heavy atom. The molecule has 104 valence electrons. The monoisotopic (exact) mass is 264 g/mol. The molecule has 2 rings (SSSR count). The molecule has 0 spiro atoms. The summed E-state index contributed by atoms with van der Waals surface area (Å²) < 4.78 is 12.7. The molecule has 2 atom stereocenters. The van der Waals surface area contributed by atoms with Crippen molar-refractivity contribution in [3.05, 3.63) is 35.6 Å². The number of carbonyl (C=O) groups is 1. The van der Waals surface area contributed by atoms with Crippen LogP contribution in [0.4, 0.5) is 9.18 Å². The van der Waals surface area contributed by atoms with Gasteiger partial charge in [0.15, 0.2) is 0 Å². The first kappa shape index (κ1) is 13.8. The summed E-state index contributed by atoms with van der Waals surface area (Å²) in [6, 6.07) is 6.30. The largest absolute Gasteiger partial charge is 0.335 e. The van der Waals surface area contributed by atoms with E-state index in [9.17, 15) is 9.18 Å². The summed E-state index contributed by atoms with van der Waals surface area (Å²) in [5.74, 6) is 0.287. The van der Waals surface area contributed by atoms with Crippen LogP contribution in [0.1, 0.15) is 38.2 Å². The molecule has 0 heterocycles. The van der Waals surface area contributed by atoms with E-state index in [2.05, 4.69) is 17.6 Å². The van der Waals surface area contributed by atoms with E-state index in [4.69, 9.17) is 0 Å². The molecule has 1 saturated carbocycles. The highest BCUT2D eigenvalue weighted by Crippen LogP contribution is 2.23. The Labute approximate surface area is 113 Å². The Hall–Kier alpha value is -1.58. The molecular weight excluding hydrogens is 243 g/mol. The molecule has 2 unspecified atom stereocenters. The third-order valence-electron chi connectivity index (χ3n) is 3.79. The van der Waals surface area contributed by atoms with Gasteiger partial charge in [0.05, 0.1) is 0 Å². The molecule has 1 fully saturated rings. The summed E-state index contributed by atoms with van der Waals surface area (Å²) >= 11 is 0. The summed E-state index contributed by atoms with van der Waals surface area (Å²) in [6.07, 6.45) is 4.69. The standard InChI is InChI=1S/C15H21FN2O/c1-11-4-2-3-5-14(11)18-15(19)17-10-12-6-8-13(16)9-7-12/h6-9,11,14H,2-5,10H2,1H3,(H2,17,18,19). The maximum atomic E-state index is 12.7. The lowest BCUT2D eigenvalue weighted by atomic mass is 9.86. The molecule has 1 aliphatic carbocycles. The lowest BCUT2D eigenvalue weighted by Crippen LogP contribution is -2.45. The summed E-state index contributed by atoms with van der Waals surface area (Å²) in [7, 11) is 0. The van der Waals surface area contributed by atoms with Crippen LogP contribution in [-0.4, -0.2) is 12.1 Å². The van der Waals surface area contributed by atoms with Crippen LogP contribution < -0.4 is 10.6 Å². The Bertz CT molecular complexity index is 419. The van der Waals surface area contributed by atoms with Gasteiger partial charge in [-0.25, -0.2) is 9.18 Å². The number of urea groups is 1. The third-order valence-corrected chi connectivity index (χ3v) is 3.79. The fraction of sp³-hybridized carbons (Fsp3) is 0.533. The Balaban J connectivity index is 1.76. The molecule has 1 aromatic carbocycles. The van der Waals surface area contributed by atoms with Gasteiger partial charge in [0.25, 0.3) is 0 Å². The minimum Gasteiger partial charge on any atom is -0.335 e. The number of amides is 2. The SMILES string of the molecule is CC1CCCCC1NC(=O)NCc1ccc(F)cc1. The predicted octanol–water partition coefficient (Wildman–Crippen LogP) is 3.20. The van der Waals surface area contributed by atoms with Crippen molar-refractivity contribution in [1.29, 1.82) is 0 Å². The van der Waals surface area contributed by atoms with Gasteiger partial charge in [0.2, 0.25) is 0 Å². The summed E-state index contributed by atoms with van der Waals surface area (Å²) in [4.78, 5) is 11.8. The highest BCUT2D eigenvalue weighted by atomic mass is 19.1. The molecular formula is C15H21FN2O. The number of nitrogens with one attached hydrogen (secondary N) is 2. The van der Waals surface area contributed by atoms with E-state index >= 15 is 0 Å². The van der Waals surface area contributed by atoms with Crippen LogP contribution >= 0.6 is 0 Å². The van der Waals surface area contributed by atoms with Gasteiger partial charge >= 0.3 is 6.03 Å². The van der Waals surface area contributed by atoms with Crippen molar-refractivity contribution in [1.82, 2.24) is 10.6 Å². The van der Waals surface area contributed by atoms with Crippen molar-refractivity contribution in [2.24, 2.45) is 5.92 Å². The van der Waals surface area contributed by atoms with Crippen LogP contribution in [0.25, 0.3) is 0 Å². The van der Waals surface area contributed by atoms with E-state index in [1.807, 2.05) is 0 Å². The van der Waals surface area contributed by atoms with E-state index in [1.54, 1.807) is 12.1 Å². The minimum atomic E-state index is -0.260. The van der Waals surface area contributed by atoms with Gasteiger partial charge in [-0.15, -0.1) is 0 Å². The molecule has 2 N–H and O–H groups in total. The van der Waals surface area contributed by atoms with Crippen molar-refractivity contribution in [2.45, 2.75) is 45.2 Å². The van der Waals surface area contributed by atoms with Gasteiger partial charge in [0.1, 0.15) is 5.82 Å². The maximum Gasteiger partial charge on any atom is 0.315 e. The summed E-state index contributed by atoms with van der Waals surface area (Å²) in [5, 5.41) is 5.84. The lowest BCUT2D eigenvalue weighted by Gasteiger charge is -2.29. The van der Waals surface area contributed by atoms with Gasteiger partial charge in [-0.3, -0.25) is 0 Å². The number of halogens is 1. The second-order valence-electron chi connectivity index (χ2n) is 5.32. The van der Waals surface area contributed by atoms with Gasteiger partial charge in [0, 0.05) is 12.6 Å². The zero-order valence-corrected chi connectivity index (χ0v) is 11.3. The predicted molar refractivity (Wildman–Crippen MR) is 73.2 cm³/mol. The van der Waals surface area contributed by atoms with Gasteiger partial charge < -0.3 is 10.6 Å². The maximum absolute atomic E-state index is 12.7. The molecule has 0 aromatic heterocycles. The molecule has 1 aliphatic rings. The van der Waals surface area contributed by atoms with E-state index in [-0.39, 0.29) is 17.9 Å². The van der Waals surface area contributed by atoms with Crippen molar-refractivity contribution < 1.29 is 9.18 Å². The number of carbonyl (C=O) groups excluding carboxylic acids is 1. The smallest absolute Gasteiger partial charge is 0.315 e. The zero-order chi connectivity index (χ0) is 13.7. The second kappa shape index (κ2) is 6.55. The topological polar surface area (TPSA) is 41.1 Å².